The minimum absolute atomic E-state index is 0.191. The van der Waals surface area contributed by atoms with Crippen LogP contribution in [0.5, 0.6) is 0 Å². The zero-order valence-electron chi connectivity index (χ0n) is 12.7. The SMILES string of the molecule is CC(C)(C)C1CCCC(Nc2ccc(F)c(Cl)c2)CC1. The van der Waals surface area contributed by atoms with Crippen LogP contribution in [0.3, 0.4) is 0 Å². The molecule has 1 saturated carbocycles. The molecular weight excluding hydrogens is 273 g/mol. The molecule has 1 aromatic rings. The summed E-state index contributed by atoms with van der Waals surface area (Å²) >= 11 is 5.83. The Bertz CT molecular complexity index is 453. The summed E-state index contributed by atoms with van der Waals surface area (Å²) < 4.78 is 13.2. The van der Waals surface area contributed by atoms with Crippen LogP contribution in [0.25, 0.3) is 0 Å². The van der Waals surface area contributed by atoms with Crippen LogP contribution in [0.15, 0.2) is 18.2 Å². The number of nitrogens with one attached hydrogen (secondary N) is 1. The summed E-state index contributed by atoms with van der Waals surface area (Å²) in [6.45, 7) is 7.02. The third-order valence-electron chi connectivity index (χ3n) is 4.48. The Hall–Kier alpha value is -0.760. The third-order valence-corrected chi connectivity index (χ3v) is 4.77. The molecule has 1 nitrogen and oxygen atoms in total. The molecule has 1 N–H and O–H groups in total. The summed E-state index contributed by atoms with van der Waals surface area (Å²) in [4.78, 5) is 0. The zero-order valence-corrected chi connectivity index (χ0v) is 13.4. The fraction of sp³-hybridized carbons (Fsp3) is 0.647. The highest BCUT2D eigenvalue weighted by molar-refractivity contribution is 6.31. The van der Waals surface area contributed by atoms with Crippen molar-refractivity contribution < 1.29 is 4.39 Å². The largest absolute Gasteiger partial charge is 0.382 e. The van der Waals surface area contributed by atoms with Crippen molar-refractivity contribution in [1.29, 1.82) is 0 Å². The average Bonchev–Trinajstić information content (AvgIpc) is 2.59. The molecule has 0 radical (unpaired) electrons. The Morgan fingerprint density at radius 2 is 1.90 bits per heavy atom. The summed E-state index contributed by atoms with van der Waals surface area (Å²) in [5, 5.41) is 3.70. The molecule has 1 aliphatic rings. The first kappa shape index (κ1) is 15.6. The van der Waals surface area contributed by atoms with Crippen LogP contribution in [-0.2, 0) is 0 Å². The number of benzene rings is 1. The lowest BCUT2D eigenvalue weighted by molar-refractivity contribution is 0.214. The van der Waals surface area contributed by atoms with Gasteiger partial charge in [0.15, 0.2) is 0 Å². The van der Waals surface area contributed by atoms with Gasteiger partial charge < -0.3 is 5.32 Å². The first-order valence-electron chi connectivity index (χ1n) is 7.58. The Morgan fingerprint density at radius 1 is 1.15 bits per heavy atom. The Labute approximate surface area is 126 Å². The Balaban J connectivity index is 1.95. The lowest BCUT2D eigenvalue weighted by Gasteiger charge is -2.29. The molecule has 1 fully saturated rings. The maximum Gasteiger partial charge on any atom is 0.141 e. The molecular formula is C17H25ClFN. The predicted molar refractivity (Wildman–Crippen MR) is 84.9 cm³/mol. The van der Waals surface area contributed by atoms with Gasteiger partial charge in [0.1, 0.15) is 5.82 Å². The van der Waals surface area contributed by atoms with Crippen LogP contribution < -0.4 is 5.32 Å². The van der Waals surface area contributed by atoms with E-state index in [-0.39, 0.29) is 10.8 Å². The van der Waals surface area contributed by atoms with Gasteiger partial charge >= 0.3 is 0 Å². The van der Waals surface area contributed by atoms with Crippen LogP contribution in [0.4, 0.5) is 10.1 Å². The summed E-state index contributed by atoms with van der Waals surface area (Å²) in [7, 11) is 0. The molecule has 1 aromatic carbocycles. The fourth-order valence-electron chi connectivity index (χ4n) is 3.13. The maximum absolute atomic E-state index is 13.2. The van der Waals surface area contributed by atoms with Gasteiger partial charge in [-0.3, -0.25) is 0 Å². The second-order valence-electron chi connectivity index (χ2n) is 7.04. The van der Waals surface area contributed by atoms with Crippen molar-refractivity contribution in [1.82, 2.24) is 0 Å². The first-order chi connectivity index (χ1) is 9.36. The van der Waals surface area contributed by atoms with Crippen molar-refractivity contribution in [3.05, 3.63) is 29.0 Å². The molecule has 0 amide bonds. The first-order valence-corrected chi connectivity index (χ1v) is 7.95. The molecule has 0 aliphatic heterocycles. The van der Waals surface area contributed by atoms with Crippen LogP contribution >= 0.6 is 11.6 Å². The van der Waals surface area contributed by atoms with Gasteiger partial charge in [0, 0.05) is 11.7 Å². The van der Waals surface area contributed by atoms with Crippen molar-refractivity contribution in [3.8, 4) is 0 Å². The number of hydrogen-bond donors (Lipinski definition) is 1. The third kappa shape index (κ3) is 4.12. The molecule has 2 unspecified atom stereocenters. The van der Waals surface area contributed by atoms with E-state index >= 15 is 0 Å². The van der Waals surface area contributed by atoms with E-state index in [1.54, 1.807) is 12.1 Å². The summed E-state index contributed by atoms with van der Waals surface area (Å²) in [6, 6.07) is 5.36. The molecule has 112 valence electrons. The van der Waals surface area contributed by atoms with Gasteiger partial charge in [-0.2, -0.15) is 0 Å². The van der Waals surface area contributed by atoms with Crippen molar-refractivity contribution >= 4 is 17.3 Å². The van der Waals surface area contributed by atoms with E-state index in [0.717, 1.165) is 11.6 Å². The van der Waals surface area contributed by atoms with Crippen molar-refractivity contribution in [3.63, 3.8) is 0 Å². The highest BCUT2D eigenvalue weighted by Gasteiger charge is 2.27. The highest BCUT2D eigenvalue weighted by atomic mass is 35.5. The van der Waals surface area contributed by atoms with E-state index in [2.05, 4.69) is 26.1 Å². The molecule has 20 heavy (non-hydrogen) atoms. The quantitative estimate of drug-likeness (QED) is 0.672. The van der Waals surface area contributed by atoms with Gasteiger partial charge in [0.25, 0.3) is 0 Å². The Kier molecular flexibility index (Phi) is 4.95. The summed E-state index contributed by atoms with van der Waals surface area (Å²) in [5.74, 6) is 0.442. The van der Waals surface area contributed by atoms with Crippen molar-refractivity contribution in [2.75, 3.05) is 5.32 Å². The van der Waals surface area contributed by atoms with Crippen LogP contribution in [0.2, 0.25) is 5.02 Å². The number of rotatable bonds is 2. The van der Waals surface area contributed by atoms with Crippen molar-refractivity contribution in [2.45, 2.75) is 58.9 Å². The van der Waals surface area contributed by atoms with Crippen LogP contribution in [0.1, 0.15) is 52.9 Å². The predicted octanol–water partition coefficient (Wildman–Crippen LogP) is 5.89. The van der Waals surface area contributed by atoms with Crippen LogP contribution in [0, 0.1) is 17.2 Å². The van der Waals surface area contributed by atoms with Gasteiger partial charge in [0.05, 0.1) is 5.02 Å². The highest BCUT2D eigenvalue weighted by Crippen LogP contribution is 2.37. The molecule has 3 heteroatoms. The molecule has 0 heterocycles. The van der Waals surface area contributed by atoms with E-state index in [1.165, 1.54) is 38.2 Å². The molecule has 0 bridgehead atoms. The molecule has 0 spiro atoms. The molecule has 2 atom stereocenters. The van der Waals surface area contributed by atoms with Crippen molar-refractivity contribution in [2.24, 2.45) is 11.3 Å². The van der Waals surface area contributed by atoms with Gasteiger partial charge in [0.2, 0.25) is 0 Å². The number of hydrogen-bond acceptors (Lipinski definition) is 1. The number of anilines is 1. The number of halogens is 2. The van der Waals surface area contributed by atoms with Gasteiger partial charge in [-0.05, 0) is 55.2 Å². The second-order valence-corrected chi connectivity index (χ2v) is 7.45. The molecule has 2 rings (SSSR count). The van der Waals surface area contributed by atoms with E-state index < -0.39 is 0 Å². The van der Waals surface area contributed by atoms with E-state index in [0.29, 0.717) is 11.5 Å². The lowest BCUT2D eigenvalue weighted by atomic mass is 9.76. The summed E-state index contributed by atoms with van der Waals surface area (Å²) in [6.07, 6.45) is 6.19. The van der Waals surface area contributed by atoms with Gasteiger partial charge in [-0.1, -0.05) is 38.8 Å². The van der Waals surface area contributed by atoms with Crippen LogP contribution in [-0.4, -0.2) is 6.04 Å². The molecule has 0 saturated heterocycles. The summed E-state index contributed by atoms with van der Waals surface area (Å²) in [5.41, 5.74) is 1.32. The van der Waals surface area contributed by atoms with E-state index in [9.17, 15) is 4.39 Å². The topological polar surface area (TPSA) is 12.0 Å². The zero-order chi connectivity index (χ0) is 14.8. The minimum Gasteiger partial charge on any atom is -0.382 e. The van der Waals surface area contributed by atoms with E-state index in [4.69, 9.17) is 11.6 Å². The molecule has 1 aliphatic carbocycles. The normalized spacial score (nSPS) is 24.2. The smallest absolute Gasteiger partial charge is 0.141 e. The average molecular weight is 298 g/mol. The van der Waals surface area contributed by atoms with Gasteiger partial charge in [-0.25, -0.2) is 4.39 Å². The minimum atomic E-state index is -0.356. The standard InChI is InChI=1S/C17H25ClFN/c1-17(2,3)12-5-4-6-13(8-7-12)20-14-9-10-16(19)15(18)11-14/h9-13,20H,4-8H2,1-3H3. The lowest BCUT2D eigenvalue weighted by Crippen LogP contribution is -2.21. The second kappa shape index (κ2) is 6.34. The monoisotopic (exact) mass is 297 g/mol. The Morgan fingerprint density at radius 3 is 2.55 bits per heavy atom. The fourth-order valence-corrected chi connectivity index (χ4v) is 3.31. The van der Waals surface area contributed by atoms with E-state index in [1.807, 2.05) is 0 Å². The van der Waals surface area contributed by atoms with Gasteiger partial charge in [-0.15, -0.1) is 0 Å². The molecule has 0 aromatic heterocycles. The maximum atomic E-state index is 13.2.